The summed E-state index contributed by atoms with van der Waals surface area (Å²) in [5.41, 5.74) is 1.78. The van der Waals surface area contributed by atoms with Gasteiger partial charge in [-0.05, 0) is 30.0 Å². The van der Waals surface area contributed by atoms with Crippen LogP contribution in [0.25, 0.3) is 5.69 Å². The predicted molar refractivity (Wildman–Crippen MR) is 79.8 cm³/mol. The Morgan fingerprint density at radius 2 is 2.29 bits per heavy atom. The lowest BCUT2D eigenvalue weighted by Gasteiger charge is -2.13. The average Bonchev–Trinajstić information content (AvgIpc) is 3.17. The van der Waals surface area contributed by atoms with Crippen molar-refractivity contribution in [2.45, 2.75) is 12.5 Å². The normalized spacial score (nSPS) is 17.4. The maximum absolute atomic E-state index is 5.86. The number of halogens is 1. The van der Waals surface area contributed by atoms with E-state index >= 15 is 0 Å². The topological polar surface area (TPSA) is 60.7 Å². The first kappa shape index (κ1) is 13.9. The molecule has 3 rings (SSSR count). The van der Waals surface area contributed by atoms with Gasteiger partial charge in [-0.15, -0.1) is 0 Å². The van der Waals surface area contributed by atoms with Gasteiger partial charge in [0.15, 0.2) is 6.10 Å². The summed E-state index contributed by atoms with van der Waals surface area (Å²) in [6, 6.07) is 9.61. The fourth-order valence-electron chi connectivity index (χ4n) is 2.12. The zero-order valence-corrected chi connectivity index (χ0v) is 12.0. The van der Waals surface area contributed by atoms with E-state index in [-0.39, 0.29) is 6.10 Å². The third-order valence-corrected chi connectivity index (χ3v) is 3.24. The van der Waals surface area contributed by atoms with Gasteiger partial charge < -0.3 is 9.57 Å². The van der Waals surface area contributed by atoms with Crippen LogP contribution in [0.15, 0.2) is 47.9 Å². The SMILES string of the molecule is ClNCC1=NOC(COc2ccccc2-n2cccn2)C1. The van der Waals surface area contributed by atoms with Crippen molar-refractivity contribution in [2.24, 2.45) is 5.16 Å². The molecule has 0 bridgehead atoms. The molecule has 1 unspecified atom stereocenters. The van der Waals surface area contributed by atoms with Crippen molar-refractivity contribution in [1.82, 2.24) is 14.6 Å². The maximum atomic E-state index is 5.86. The molecule has 7 heteroatoms. The molecule has 0 radical (unpaired) electrons. The van der Waals surface area contributed by atoms with Gasteiger partial charge in [0, 0.05) is 18.8 Å². The third kappa shape index (κ3) is 3.34. The molecule has 0 amide bonds. The van der Waals surface area contributed by atoms with E-state index in [0.717, 1.165) is 17.1 Å². The summed E-state index contributed by atoms with van der Waals surface area (Å²) in [4.78, 5) is 7.85. The summed E-state index contributed by atoms with van der Waals surface area (Å²) in [7, 11) is 0. The summed E-state index contributed by atoms with van der Waals surface area (Å²) in [5.74, 6) is 0.758. The van der Waals surface area contributed by atoms with E-state index in [4.69, 9.17) is 21.4 Å². The van der Waals surface area contributed by atoms with E-state index in [0.29, 0.717) is 19.6 Å². The molecule has 0 fully saturated rings. The zero-order chi connectivity index (χ0) is 14.5. The quantitative estimate of drug-likeness (QED) is 0.831. The van der Waals surface area contributed by atoms with E-state index in [1.807, 2.05) is 36.5 Å². The van der Waals surface area contributed by atoms with E-state index in [1.165, 1.54) is 0 Å². The molecule has 2 heterocycles. The van der Waals surface area contributed by atoms with Crippen LogP contribution in [0, 0.1) is 0 Å². The van der Waals surface area contributed by atoms with Gasteiger partial charge in [0.05, 0.1) is 12.3 Å². The molecule has 1 atom stereocenters. The Hall–Kier alpha value is -2.05. The first-order valence-electron chi connectivity index (χ1n) is 6.63. The highest BCUT2D eigenvalue weighted by Gasteiger charge is 2.21. The van der Waals surface area contributed by atoms with Crippen molar-refractivity contribution in [3.8, 4) is 11.4 Å². The summed E-state index contributed by atoms with van der Waals surface area (Å²) >= 11 is 5.45. The second kappa shape index (κ2) is 6.60. The van der Waals surface area contributed by atoms with Crippen LogP contribution < -0.4 is 9.57 Å². The molecule has 1 aromatic heterocycles. The first-order valence-corrected chi connectivity index (χ1v) is 7.01. The van der Waals surface area contributed by atoms with Gasteiger partial charge in [-0.3, -0.25) is 0 Å². The molecule has 0 aliphatic carbocycles. The number of aromatic nitrogens is 2. The minimum absolute atomic E-state index is 0.0873. The molecule has 0 spiro atoms. The van der Waals surface area contributed by atoms with E-state index < -0.39 is 0 Å². The van der Waals surface area contributed by atoms with Crippen LogP contribution in [0.4, 0.5) is 0 Å². The molecule has 1 N–H and O–H groups in total. The van der Waals surface area contributed by atoms with Crippen LogP contribution in [0.3, 0.4) is 0 Å². The Balaban J connectivity index is 1.62. The fourth-order valence-corrected chi connectivity index (χ4v) is 2.27. The highest BCUT2D eigenvalue weighted by Crippen LogP contribution is 2.22. The van der Waals surface area contributed by atoms with Crippen LogP contribution in [0.5, 0.6) is 5.75 Å². The lowest BCUT2D eigenvalue weighted by molar-refractivity contribution is 0.0470. The summed E-state index contributed by atoms with van der Waals surface area (Å²) in [6.07, 6.45) is 4.23. The standard InChI is InChI=1S/C14H15ClN4O2/c15-16-9-11-8-12(21-18-11)10-20-14-5-2-1-4-13(14)19-7-3-6-17-19/h1-7,12,16H,8-10H2. The van der Waals surface area contributed by atoms with Crippen LogP contribution in [0.2, 0.25) is 0 Å². The summed E-state index contributed by atoms with van der Waals surface area (Å²) in [6.45, 7) is 0.940. The van der Waals surface area contributed by atoms with Gasteiger partial charge in [-0.25, -0.2) is 9.52 Å². The minimum atomic E-state index is -0.0873. The monoisotopic (exact) mass is 306 g/mol. The molecule has 110 valence electrons. The Morgan fingerprint density at radius 3 is 3.10 bits per heavy atom. The van der Waals surface area contributed by atoms with E-state index in [2.05, 4.69) is 15.1 Å². The van der Waals surface area contributed by atoms with E-state index in [9.17, 15) is 0 Å². The Morgan fingerprint density at radius 1 is 1.38 bits per heavy atom. The van der Waals surface area contributed by atoms with Crippen LogP contribution in [-0.4, -0.2) is 34.7 Å². The van der Waals surface area contributed by atoms with Gasteiger partial charge in [0.2, 0.25) is 0 Å². The van der Waals surface area contributed by atoms with E-state index in [1.54, 1.807) is 10.9 Å². The lowest BCUT2D eigenvalue weighted by Crippen LogP contribution is -2.21. The summed E-state index contributed by atoms with van der Waals surface area (Å²) < 4.78 is 7.63. The molecular weight excluding hydrogens is 292 g/mol. The average molecular weight is 307 g/mol. The number of oxime groups is 1. The van der Waals surface area contributed by atoms with Gasteiger partial charge >= 0.3 is 0 Å². The van der Waals surface area contributed by atoms with Crippen molar-refractivity contribution in [2.75, 3.05) is 13.2 Å². The molecule has 0 saturated carbocycles. The number of hydrogen-bond donors (Lipinski definition) is 1. The molecule has 1 aromatic carbocycles. The van der Waals surface area contributed by atoms with Crippen molar-refractivity contribution >= 4 is 17.5 Å². The maximum Gasteiger partial charge on any atom is 0.166 e. The number of hydrogen-bond acceptors (Lipinski definition) is 5. The van der Waals surface area contributed by atoms with Crippen molar-refractivity contribution < 1.29 is 9.57 Å². The summed E-state index contributed by atoms with van der Waals surface area (Å²) in [5, 5.41) is 8.19. The van der Waals surface area contributed by atoms with Gasteiger partial charge in [-0.2, -0.15) is 5.10 Å². The molecule has 1 aliphatic heterocycles. The van der Waals surface area contributed by atoms with Crippen molar-refractivity contribution in [1.29, 1.82) is 0 Å². The molecule has 1 aliphatic rings. The van der Waals surface area contributed by atoms with Gasteiger partial charge in [0.25, 0.3) is 0 Å². The zero-order valence-electron chi connectivity index (χ0n) is 11.3. The largest absolute Gasteiger partial charge is 0.487 e. The van der Waals surface area contributed by atoms with Crippen LogP contribution in [-0.2, 0) is 4.84 Å². The Kier molecular flexibility index (Phi) is 4.37. The molecular formula is C14H15ClN4O2. The number of rotatable bonds is 6. The van der Waals surface area contributed by atoms with Gasteiger partial charge in [0.1, 0.15) is 18.0 Å². The highest BCUT2D eigenvalue weighted by atomic mass is 35.5. The third-order valence-electron chi connectivity index (χ3n) is 3.11. The number of para-hydroxylation sites is 2. The second-order valence-electron chi connectivity index (χ2n) is 4.63. The molecule has 0 saturated heterocycles. The van der Waals surface area contributed by atoms with Crippen molar-refractivity contribution in [3.05, 3.63) is 42.7 Å². The number of benzene rings is 1. The lowest BCUT2D eigenvalue weighted by atomic mass is 10.2. The second-order valence-corrected chi connectivity index (χ2v) is 4.90. The number of nitrogens with zero attached hydrogens (tertiary/aromatic N) is 3. The smallest absolute Gasteiger partial charge is 0.166 e. The molecule has 2 aromatic rings. The van der Waals surface area contributed by atoms with Crippen LogP contribution >= 0.6 is 11.8 Å². The minimum Gasteiger partial charge on any atom is -0.487 e. The molecule has 21 heavy (non-hydrogen) atoms. The Labute approximate surface area is 127 Å². The first-order chi connectivity index (χ1) is 10.4. The fraction of sp³-hybridized carbons (Fsp3) is 0.286. The molecule has 6 nitrogen and oxygen atoms in total. The Bertz CT molecular complexity index is 615. The predicted octanol–water partition coefficient (Wildman–Crippen LogP) is 2.14. The van der Waals surface area contributed by atoms with Crippen molar-refractivity contribution in [3.63, 3.8) is 0 Å². The highest BCUT2D eigenvalue weighted by molar-refractivity contribution is 6.14. The number of nitrogens with one attached hydrogen (secondary N) is 1. The van der Waals surface area contributed by atoms with Gasteiger partial charge in [-0.1, -0.05) is 17.3 Å². The van der Waals surface area contributed by atoms with Crippen LogP contribution in [0.1, 0.15) is 6.42 Å². The number of ether oxygens (including phenoxy) is 1.